The van der Waals surface area contributed by atoms with E-state index in [1.54, 1.807) is 37.1 Å². The zero-order chi connectivity index (χ0) is 19.6. The van der Waals surface area contributed by atoms with E-state index in [-0.39, 0.29) is 11.8 Å². The van der Waals surface area contributed by atoms with E-state index in [1.807, 2.05) is 24.3 Å². The van der Waals surface area contributed by atoms with Crippen molar-refractivity contribution in [3.63, 3.8) is 0 Å². The molecule has 0 radical (unpaired) electrons. The number of hydrogen-bond acceptors (Lipinski definition) is 4. The van der Waals surface area contributed by atoms with Crippen LogP contribution in [-0.4, -0.2) is 34.7 Å². The van der Waals surface area contributed by atoms with Gasteiger partial charge in [-0.05, 0) is 37.1 Å². The standard InChI is InChI=1S/C20H26N4O3/c1-4-5-14-24-18(12-13-21-24)23-20(26)15(2)22-19(25)11-8-16-6-9-17(27-3)10-7-16/h6-13,15H,4-5,14H2,1-3H3,(H,22,25)(H,23,26)/b11-8+. The monoisotopic (exact) mass is 370 g/mol. The molecule has 7 nitrogen and oxygen atoms in total. The third-order valence-corrected chi connectivity index (χ3v) is 3.99. The van der Waals surface area contributed by atoms with Crippen molar-refractivity contribution in [1.82, 2.24) is 15.1 Å². The summed E-state index contributed by atoms with van der Waals surface area (Å²) in [7, 11) is 1.60. The Balaban J connectivity index is 1.86. The van der Waals surface area contributed by atoms with Crippen molar-refractivity contribution in [3.05, 3.63) is 48.2 Å². The Morgan fingerprint density at radius 3 is 2.67 bits per heavy atom. The number of carbonyl (C=O) groups excluding carboxylic acids is 2. The molecule has 1 aromatic heterocycles. The molecule has 0 aliphatic heterocycles. The molecular formula is C20H26N4O3. The highest BCUT2D eigenvalue weighted by atomic mass is 16.5. The van der Waals surface area contributed by atoms with Crippen LogP contribution in [0.2, 0.25) is 0 Å². The lowest BCUT2D eigenvalue weighted by Gasteiger charge is -2.14. The summed E-state index contributed by atoms with van der Waals surface area (Å²) in [5, 5.41) is 9.65. The molecule has 0 spiro atoms. The first-order valence-electron chi connectivity index (χ1n) is 8.98. The zero-order valence-corrected chi connectivity index (χ0v) is 15.9. The largest absolute Gasteiger partial charge is 0.497 e. The van der Waals surface area contributed by atoms with Crippen molar-refractivity contribution in [1.29, 1.82) is 0 Å². The summed E-state index contributed by atoms with van der Waals surface area (Å²) in [5.74, 6) is 0.746. The van der Waals surface area contributed by atoms with Gasteiger partial charge in [0.05, 0.1) is 13.3 Å². The Bertz CT molecular complexity index is 781. The van der Waals surface area contributed by atoms with Crippen molar-refractivity contribution in [2.24, 2.45) is 0 Å². The van der Waals surface area contributed by atoms with Gasteiger partial charge in [0.2, 0.25) is 11.8 Å². The second kappa shape index (κ2) is 10.2. The maximum absolute atomic E-state index is 12.3. The van der Waals surface area contributed by atoms with E-state index in [4.69, 9.17) is 4.74 Å². The van der Waals surface area contributed by atoms with Crippen LogP contribution in [0.25, 0.3) is 6.08 Å². The van der Waals surface area contributed by atoms with Crippen LogP contribution in [0.15, 0.2) is 42.6 Å². The van der Waals surface area contributed by atoms with Gasteiger partial charge in [-0.3, -0.25) is 9.59 Å². The average Bonchev–Trinajstić information content (AvgIpc) is 3.11. The van der Waals surface area contributed by atoms with E-state index < -0.39 is 6.04 Å². The molecule has 2 rings (SSSR count). The number of ether oxygens (including phenoxy) is 1. The fourth-order valence-electron chi connectivity index (χ4n) is 2.37. The summed E-state index contributed by atoms with van der Waals surface area (Å²) in [6.07, 6.45) is 6.75. The Morgan fingerprint density at radius 2 is 2.00 bits per heavy atom. The van der Waals surface area contributed by atoms with Gasteiger partial charge >= 0.3 is 0 Å². The number of nitrogens with zero attached hydrogens (tertiary/aromatic N) is 2. The SMILES string of the molecule is CCCCn1nccc1NC(=O)C(C)NC(=O)/C=C/c1ccc(OC)cc1. The smallest absolute Gasteiger partial charge is 0.247 e. The van der Waals surface area contributed by atoms with Gasteiger partial charge in [0.25, 0.3) is 0 Å². The van der Waals surface area contributed by atoms with Gasteiger partial charge in [0.15, 0.2) is 0 Å². The summed E-state index contributed by atoms with van der Waals surface area (Å²) in [6.45, 7) is 4.48. The van der Waals surface area contributed by atoms with Gasteiger partial charge < -0.3 is 15.4 Å². The first-order chi connectivity index (χ1) is 13.0. The minimum atomic E-state index is -0.674. The van der Waals surface area contributed by atoms with Crippen molar-refractivity contribution in [2.45, 2.75) is 39.3 Å². The Labute approximate surface area is 159 Å². The number of unbranched alkanes of at least 4 members (excludes halogenated alkanes) is 1. The molecule has 27 heavy (non-hydrogen) atoms. The number of hydrogen-bond donors (Lipinski definition) is 2. The topological polar surface area (TPSA) is 85.3 Å². The number of benzene rings is 1. The third-order valence-electron chi connectivity index (χ3n) is 3.99. The number of methoxy groups -OCH3 is 1. The average molecular weight is 370 g/mol. The summed E-state index contributed by atoms with van der Waals surface area (Å²) in [5.41, 5.74) is 0.864. The Hall–Kier alpha value is -3.09. The first-order valence-corrected chi connectivity index (χ1v) is 8.98. The molecule has 2 aromatic rings. The number of carbonyl (C=O) groups is 2. The molecule has 0 bridgehead atoms. The summed E-state index contributed by atoms with van der Waals surface area (Å²) >= 11 is 0. The minimum Gasteiger partial charge on any atom is -0.497 e. The highest BCUT2D eigenvalue weighted by Crippen LogP contribution is 2.12. The molecular weight excluding hydrogens is 344 g/mol. The molecule has 2 amide bonds. The summed E-state index contributed by atoms with van der Waals surface area (Å²) < 4.78 is 6.84. The van der Waals surface area contributed by atoms with Crippen molar-refractivity contribution < 1.29 is 14.3 Å². The highest BCUT2D eigenvalue weighted by molar-refractivity contribution is 5.99. The van der Waals surface area contributed by atoms with Gasteiger partial charge in [0.1, 0.15) is 17.6 Å². The summed E-state index contributed by atoms with van der Waals surface area (Å²) in [4.78, 5) is 24.4. The molecule has 7 heteroatoms. The van der Waals surface area contributed by atoms with Crippen molar-refractivity contribution in [3.8, 4) is 5.75 Å². The lowest BCUT2D eigenvalue weighted by atomic mass is 10.2. The first kappa shape index (κ1) is 20.2. The number of aryl methyl sites for hydroxylation is 1. The van der Waals surface area contributed by atoms with E-state index in [2.05, 4.69) is 22.7 Å². The molecule has 1 unspecified atom stereocenters. The predicted molar refractivity (Wildman–Crippen MR) is 105 cm³/mol. The molecule has 1 atom stereocenters. The third kappa shape index (κ3) is 6.29. The van der Waals surface area contributed by atoms with E-state index in [9.17, 15) is 9.59 Å². The fourth-order valence-corrected chi connectivity index (χ4v) is 2.37. The van der Waals surface area contributed by atoms with E-state index >= 15 is 0 Å². The van der Waals surface area contributed by atoms with E-state index in [1.165, 1.54) is 6.08 Å². The lowest BCUT2D eigenvalue weighted by molar-refractivity contribution is -0.123. The van der Waals surface area contributed by atoms with Gasteiger partial charge in [-0.2, -0.15) is 5.10 Å². The number of nitrogens with one attached hydrogen (secondary N) is 2. The molecule has 0 aliphatic rings. The maximum Gasteiger partial charge on any atom is 0.247 e. The van der Waals surface area contributed by atoms with Crippen LogP contribution in [0.1, 0.15) is 32.3 Å². The highest BCUT2D eigenvalue weighted by Gasteiger charge is 2.16. The van der Waals surface area contributed by atoms with Crippen LogP contribution in [-0.2, 0) is 16.1 Å². The van der Waals surface area contributed by atoms with Gasteiger partial charge in [-0.25, -0.2) is 4.68 Å². The second-order valence-corrected chi connectivity index (χ2v) is 6.12. The van der Waals surface area contributed by atoms with Gasteiger partial charge in [-0.1, -0.05) is 25.5 Å². The van der Waals surface area contributed by atoms with Crippen LogP contribution in [0.3, 0.4) is 0 Å². The van der Waals surface area contributed by atoms with Gasteiger partial charge in [0, 0.05) is 18.7 Å². The number of rotatable bonds is 9. The van der Waals surface area contributed by atoms with Crippen LogP contribution in [0, 0.1) is 0 Å². The lowest BCUT2D eigenvalue weighted by Crippen LogP contribution is -2.41. The van der Waals surface area contributed by atoms with Crippen LogP contribution in [0.4, 0.5) is 5.82 Å². The Morgan fingerprint density at radius 1 is 1.26 bits per heavy atom. The van der Waals surface area contributed by atoms with Crippen LogP contribution >= 0.6 is 0 Å². The van der Waals surface area contributed by atoms with Crippen molar-refractivity contribution in [2.75, 3.05) is 12.4 Å². The second-order valence-electron chi connectivity index (χ2n) is 6.12. The molecule has 1 heterocycles. The van der Waals surface area contributed by atoms with Crippen molar-refractivity contribution >= 4 is 23.7 Å². The maximum atomic E-state index is 12.3. The molecule has 144 valence electrons. The van der Waals surface area contributed by atoms with E-state index in [0.29, 0.717) is 5.82 Å². The fraction of sp³-hybridized carbons (Fsp3) is 0.350. The van der Waals surface area contributed by atoms with E-state index in [0.717, 1.165) is 30.7 Å². The zero-order valence-electron chi connectivity index (χ0n) is 15.9. The Kier molecular flexibility index (Phi) is 7.61. The van der Waals surface area contributed by atoms with Gasteiger partial charge in [-0.15, -0.1) is 0 Å². The number of aromatic nitrogens is 2. The molecule has 1 aromatic carbocycles. The predicted octanol–water partition coefficient (Wildman–Crippen LogP) is 2.85. The molecule has 0 fully saturated rings. The normalized spacial score (nSPS) is 12.0. The molecule has 0 aliphatic carbocycles. The molecule has 2 N–H and O–H groups in total. The minimum absolute atomic E-state index is 0.292. The number of anilines is 1. The van der Waals surface area contributed by atoms with Crippen LogP contribution < -0.4 is 15.4 Å². The summed E-state index contributed by atoms with van der Waals surface area (Å²) in [6, 6.07) is 8.38. The molecule has 0 saturated heterocycles. The molecule has 0 saturated carbocycles. The van der Waals surface area contributed by atoms with Crippen LogP contribution in [0.5, 0.6) is 5.75 Å². The number of amides is 2. The quantitative estimate of drug-likeness (QED) is 0.665.